The summed E-state index contributed by atoms with van der Waals surface area (Å²) in [5.74, 6) is 0.977. The molecule has 0 N–H and O–H groups in total. The van der Waals surface area contributed by atoms with Crippen molar-refractivity contribution in [2.75, 3.05) is 0 Å². The molecule has 0 saturated heterocycles. The molecule has 0 aromatic carbocycles. The lowest BCUT2D eigenvalue weighted by molar-refractivity contribution is -0.108. The molecule has 0 aromatic rings. The van der Waals surface area contributed by atoms with E-state index >= 15 is 0 Å². The molecule has 0 bridgehead atoms. The first-order valence-electron chi connectivity index (χ1n) is 3.87. The van der Waals surface area contributed by atoms with Crippen LogP contribution in [-0.4, -0.2) is 6.29 Å². The summed E-state index contributed by atoms with van der Waals surface area (Å²) in [6.07, 6.45) is 8.46. The molecular weight excluding hydrogens is 112 g/mol. The summed E-state index contributed by atoms with van der Waals surface area (Å²) < 4.78 is 0. The Morgan fingerprint density at radius 1 is 1.44 bits per heavy atom. The first-order valence-corrected chi connectivity index (χ1v) is 3.87. The van der Waals surface area contributed by atoms with Crippen molar-refractivity contribution in [3.63, 3.8) is 0 Å². The van der Waals surface area contributed by atoms with E-state index in [4.69, 9.17) is 0 Å². The molecule has 0 aromatic heterocycles. The number of aldehydes is 1. The molecule has 0 spiro atoms. The minimum atomic E-state index is 0.774. The predicted octanol–water partition coefficient (Wildman–Crippen LogP) is 2.16. The zero-order valence-corrected chi connectivity index (χ0v) is 5.81. The number of carbonyl (C=O) groups is 1. The van der Waals surface area contributed by atoms with Gasteiger partial charge < -0.3 is 4.79 Å². The van der Waals surface area contributed by atoms with E-state index in [1.807, 2.05) is 0 Å². The zero-order valence-electron chi connectivity index (χ0n) is 5.81. The first-order chi connectivity index (χ1) is 4.43. The van der Waals surface area contributed by atoms with Crippen LogP contribution in [-0.2, 0) is 4.79 Å². The molecule has 1 aliphatic carbocycles. The smallest absolute Gasteiger partial charge is 0.119 e. The van der Waals surface area contributed by atoms with E-state index in [9.17, 15) is 4.79 Å². The summed E-state index contributed by atoms with van der Waals surface area (Å²) in [4.78, 5) is 9.89. The van der Waals surface area contributed by atoms with Crippen molar-refractivity contribution in [2.45, 2.75) is 38.5 Å². The van der Waals surface area contributed by atoms with E-state index in [0.717, 1.165) is 25.0 Å². The van der Waals surface area contributed by atoms with Crippen LogP contribution in [0.4, 0.5) is 0 Å². The van der Waals surface area contributed by atoms with Gasteiger partial charge >= 0.3 is 0 Å². The molecule has 52 valence electrons. The number of rotatable bonds is 4. The second-order valence-corrected chi connectivity index (χ2v) is 2.89. The number of hydrogen-bond donors (Lipinski definition) is 0. The van der Waals surface area contributed by atoms with Gasteiger partial charge in [0.1, 0.15) is 6.29 Å². The van der Waals surface area contributed by atoms with Crippen molar-refractivity contribution in [3.8, 4) is 0 Å². The maximum absolute atomic E-state index is 9.89. The SMILES string of the molecule is O=CCCCC1CCC1. The summed E-state index contributed by atoms with van der Waals surface area (Å²) in [6.45, 7) is 0. The minimum absolute atomic E-state index is 0.774. The molecule has 0 aliphatic heterocycles. The van der Waals surface area contributed by atoms with Gasteiger partial charge in [-0.25, -0.2) is 0 Å². The third-order valence-electron chi connectivity index (χ3n) is 2.16. The normalized spacial score (nSPS) is 19.1. The average Bonchev–Trinajstić information content (AvgIpc) is 1.76. The lowest BCUT2D eigenvalue weighted by Gasteiger charge is -2.24. The molecule has 1 fully saturated rings. The van der Waals surface area contributed by atoms with Crippen LogP contribution < -0.4 is 0 Å². The van der Waals surface area contributed by atoms with Crippen LogP contribution in [0, 0.1) is 5.92 Å². The van der Waals surface area contributed by atoms with Gasteiger partial charge in [-0.15, -0.1) is 0 Å². The highest BCUT2D eigenvalue weighted by atomic mass is 16.1. The van der Waals surface area contributed by atoms with Gasteiger partial charge in [0.2, 0.25) is 0 Å². The van der Waals surface area contributed by atoms with Gasteiger partial charge in [0, 0.05) is 6.42 Å². The highest BCUT2D eigenvalue weighted by molar-refractivity contribution is 5.48. The summed E-state index contributed by atoms with van der Waals surface area (Å²) in [7, 11) is 0. The van der Waals surface area contributed by atoms with Crippen molar-refractivity contribution < 1.29 is 4.79 Å². The van der Waals surface area contributed by atoms with E-state index in [1.165, 1.54) is 25.7 Å². The fraction of sp³-hybridized carbons (Fsp3) is 0.875. The van der Waals surface area contributed by atoms with E-state index in [2.05, 4.69) is 0 Å². The Hall–Kier alpha value is -0.330. The Kier molecular flexibility index (Phi) is 2.75. The van der Waals surface area contributed by atoms with Crippen LogP contribution in [0.1, 0.15) is 38.5 Å². The quantitative estimate of drug-likeness (QED) is 0.416. The Labute approximate surface area is 56.4 Å². The van der Waals surface area contributed by atoms with Crippen LogP contribution in [0.15, 0.2) is 0 Å². The van der Waals surface area contributed by atoms with Crippen LogP contribution in [0.3, 0.4) is 0 Å². The predicted molar refractivity (Wildman–Crippen MR) is 37.3 cm³/mol. The van der Waals surface area contributed by atoms with Crippen LogP contribution in [0.2, 0.25) is 0 Å². The molecule has 1 heteroatoms. The second kappa shape index (κ2) is 3.65. The molecule has 1 nitrogen and oxygen atoms in total. The second-order valence-electron chi connectivity index (χ2n) is 2.89. The van der Waals surface area contributed by atoms with E-state index in [1.54, 1.807) is 0 Å². The Morgan fingerprint density at radius 3 is 2.67 bits per heavy atom. The molecule has 1 aliphatic rings. The van der Waals surface area contributed by atoms with Gasteiger partial charge in [-0.3, -0.25) is 0 Å². The standard InChI is InChI=1S/C8H14O/c9-7-2-1-4-8-5-3-6-8/h7-8H,1-6H2. The average molecular weight is 126 g/mol. The minimum Gasteiger partial charge on any atom is -0.303 e. The summed E-state index contributed by atoms with van der Waals surface area (Å²) in [6, 6.07) is 0. The third-order valence-corrected chi connectivity index (χ3v) is 2.16. The van der Waals surface area contributed by atoms with Gasteiger partial charge in [0.05, 0.1) is 0 Å². The lowest BCUT2D eigenvalue weighted by atomic mass is 9.82. The molecule has 1 rings (SSSR count). The van der Waals surface area contributed by atoms with Crippen molar-refractivity contribution >= 4 is 6.29 Å². The maximum Gasteiger partial charge on any atom is 0.119 e. The number of unbranched alkanes of at least 4 members (excludes halogenated alkanes) is 1. The molecular formula is C8H14O. The van der Waals surface area contributed by atoms with Crippen molar-refractivity contribution in [1.29, 1.82) is 0 Å². The summed E-state index contributed by atoms with van der Waals surface area (Å²) in [5.41, 5.74) is 0. The molecule has 0 atom stereocenters. The molecule has 0 radical (unpaired) electrons. The van der Waals surface area contributed by atoms with Gasteiger partial charge in [0.15, 0.2) is 0 Å². The summed E-state index contributed by atoms with van der Waals surface area (Å²) in [5, 5.41) is 0. The van der Waals surface area contributed by atoms with E-state index in [0.29, 0.717) is 0 Å². The van der Waals surface area contributed by atoms with E-state index in [-0.39, 0.29) is 0 Å². The monoisotopic (exact) mass is 126 g/mol. The number of carbonyl (C=O) groups excluding carboxylic acids is 1. The third kappa shape index (κ3) is 2.17. The van der Waals surface area contributed by atoms with E-state index < -0.39 is 0 Å². The number of hydrogen-bond acceptors (Lipinski definition) is 1. The summed E-state index contributed by atoms with van der Waals surface area (Å²) >= 11 is 0. The molecule has 0 unspecified atom stereocenters. The van der Waals surface area contributed by atoms with Crippen LogP contribution in [0.25, 0.3) is 0 Å². The van der Waals surface area contributed by atoms with Gasteiger partial charge in [0.25, 0.3) is 0 Å². The topological polar surface area (TPSA) is 17.1 Å². The lowest BCUT2D eigenvalue weighted by Crippen LogP contribution is -2.10. The highest BCUT2D eigenvalue weighted by Gasteiger charge is 2.15. The zero-order chi connectivity index (χ0) is 6.53. The van der Waals surface area contributed by atoms with Gasteiger partial charge in [-0.1, -0.05) is 25.7 Å². The Balaban J connectivity index is 1.85. The largest absolute Gasteiger partial charge is 0.303 e. The van der Waals surface area contributed by atoms with Crippen molar-refractivity contribution in [3.05, 3.63) is 0 Å². The molecule has 9 heavy (non-hydrogen) atoms. The Bertz CT molecular complexity index is 84.6. The molecule has 0 amide bonds. The Morgan fingerprint density at radius 2 is 2.22 bits per heavy atom. The molecule has 1 saturated carbocycles. The van der Waals surface area contributed by atoms with Crippen LogP contribution in [0.5, 0.6) is 0 Å². The molecule has 0 heterocycles. The van der Waals surface area contributed by atoms with Gasteiger partial charge in [-0.05, 0) is 12.3 Å². The van der Waals surface area contributed by atoms with Crippen LogP contribution >= 0.6 is 0 Å². The fourth-order valence-corrected chi connectivity index (χ4v) is 1.27. The highest BCUT2D eigenvalue weighted by Crippen LogP contribution is 2.30. The first kappa shape index (κ1) is 6.79. The van der Waals surface area contributed by atoms with Crippen molar-refractivity contribution in [2.24, 2.45) is 5.92 Å². The fourth-order valence-electron chi connectivity index (χ4n) is 1.27. The van der Waals surface area contributed by atoms with Gasteiger partial charge in [-0.2, -0.15) is 0 Å². The van der Waals surface area contributed by atoms with Crippen molar-refractivity contribution in [1.82, 2.24) is 0 Å². The maximum atomic E-state index is 9.89.